The zero-order chi connectivity index (χ0) is 11.0. The Hall–Kier alpha value is -0.930. The van der Waals surface area contributed by atoms with Crippen molar-refractivity contribution in [2.75, 3.05) is 13.2 Å². The van der Waals surface area contributed by atoms with E-state index in [0.717, 1.165) is 24.3 Å². The average molecular weight is 256 g/mol. The van der Waals surface area contributed by atoms with Crippen LogP contribution in [0.25, 0.3) is 0 Å². The predicted molar refractivity (Wildman–Crippen MR) is 69.0 cm³/mol. The molecule has 1 aromatic carbocycles. The number of ether oxygens (including phenoxy) is 2. The van der Waals surface area contributed by atoms with Gasteiger partial charge in [0.05, 0.1) is 0 Å². The fraction of sp³-hybridized carbons (Fsp3) is 0.538. The average Bonchev–Trinajstić information content (AvgIpc) is 2.77. The van der Waals surface area contributed by atoms with E-state index < -0.39 is 0 Å². The van der Waals surface area contributed by atoms with Crippen LogP contribution in [0.1, 0.15) is 31.2 Å². The highest BCUT2D eigenvalue weighted by Gasteiger charge is 2.32. The molecule has 3 rings (SSSR count). The van der Waals surface area contributed by atoms with Gasteiger partial charge in [-0.15, -0.1) is 12.4 Å². The molecule has 1 aliphatic carbocycles. The van der Waals surface area contributed by atoms with Gasteiger partial charge in [0.2, 0.25) is 0 Å². The molecule has 2 aliphatic rings. The zero-order valence-corrected chi connectivity index (χ0v) is 10.6. The molecule has 4 heteroatoms. The van der Waals surface area contributed by atoms with Gasteiger partial charge in [-0.1, -0.05) is 18.9 Å². The van der Waals surface area contributed by atoms with Gasteiger partial charge in [0.15, 0.2) is 11.5 Å². The Morgan fingerprint density at radius 3 is 2.35 bits per heavy atom. The lowest BCUT2D eigenvalue weighted by Crippen LogP contribution is -2.33. The Bertz CT molecular complexity index is 402. The number of rotatable bonds is 1. The molecule has 0 saturated heterocycles. The monoisotopic (exact) mass is 255 g/mol. The Morgan fingerprint density at radius 2 is 1.65 bits per heavy atom. The minimum Gasteiger partial charge on any atom is -0.486 e. The van der Waals surface area contributed by atoms with Crippen LogP contribution in [0.15, 0.2) is 18.2 Å². The van der Waals surface area contributed by atoms with Crippen molar-refractivity contribution in [1.82, 2.24) is 0 Å². The van der Waals surface area contributed by atoms with Crippen molar-refractivity contribution in [1.29, 1.82) is 0 Å². The summed E-state index contributed by atoms with van der Waals surface area (Å²) in [5, 5.41) is 0. The molecule has 3 nitrogen and oxygen atoms in total. The lowest BCUT2D eigenvalue weighted by Gasteiger charge is -2.26. The van der Waals surface area contributed by atoms with Crippen LogP contribution in [-0.4, -0.2) is 13.2 Å². The second-order valence-electron chi connectivity index (χ2n) is 4.72. The van der Waals surface area contributed by atoms with E-state index in [1.165, 1.54) is 18.4 Å². The van der Waals surface area contributed by atoms with E-state index >= 15 is 0 Å². The largest absolute Gasteiger partial charge is 0.486 e. The molecule has 2 N–H and O–H groups in total. The summed E-state index contributed by atoms with van der Waals surface area (Å²) in [5.41, 5.74) is 7.46. The second kappa shape index (κ2) is 4.75. The van der Waals surface area contributed by atoms with Gasteiger partial charge in [0.1, 0.15) is 13.2 Å². The van der Waals surface area contributed by atoms with Crippen LogP contribution >= 0.6 is 12.4 Å². The molecule has 0 bridgehead atoms. The van der Waals surface area contributed by atoms with Crippen LogP contribution in [0.5, 0.6) is 11.5 Å². The summed E-state index contributed by atoms with van der Waals surface area (Å²) in [4.78, 5) is 0. The molecule has 17 heavy (non-hydrogen) atoms. The fourth-order valence-electron chi connectivity index (χ4n) is 2.65. The topological polar surface area (TPSA) is 44.5 Å². The maximum absolute atomic E-state index is 6.42. The number of benzene rings is 1. The standard InChI is InChI=1S/C13H17NO2.ClH/c14-13(5-1-2-6-13)10-3-4-11-12(9-10)16-8-7-15-11;/h3-4,9H,1-2,5-8,14H2;1H. The molecule has 0 radical (unpaired) electrons. The third-order valence-corrected chi connectivity index (χ3v) is 3.61. The number of halogens is 1. The number of nitrogens with two attached hydrogens (primary N) is 1. The number of fused-ring (bicyclic) bond motifs is 1. The summed E-state index contributed by atoms with van der Waals surface area (Å²) < 4.78 is 11.1. The van der Waals surface area contributed by atoms with Crippen LogP contribution in [0.2, 0.25) is 0 Å². The molecule has 1 heterocycles. The number of hydrogen-bond donors (Lipinski definition) is 1. The van der Waals surface area contributed by atoms with E-state index in [-0.39, 0.29) is 17.9 Å². The molecule has 94 valence electrons. The van der Waals surface area contributed by atoms with Crippen molar-refractivity contribution in [2.45, 2.75) is 31.2 Å². The van der Waals surface area contributed by atoms with Gasteiger partial charge in [-0.25, -0.2) is 0 Å². The van der Waals surface area contributed by atoms with Crippen LogP contribution in [0.3, 0.4) is 0 Å². The molecule has 0 unspecified atom stereocenters. The SMILES string of the molecule is Cl.NC1(c2ccc3c(c2)OCCO3)CCCC1. The first-order chi connectivity index (χ1) is 7.78. The highest BCUT2D eigenvalue weighted by Crippen LogP contribution is 2.40. The van der Waals surface area contributed by atoms with Crippen molar-refractivity contribution in [3.63, 3.8) is 0 Å². The minimum absolute atomic E-state index is 0. The quantitative estimate of drug-likeness (QED) is 0.839. The third-order valence-electron chi connectivity index (χ3n) is 3.61. The maximum Gasteiger partial charge on any atom is 0.161 e. The molecule has 1 aliphatic heterocycles. The molecule has 1 saturated carbocycles. The molecule has 0 amide bonds. The molecular formula is C13H18ClNO2. The predicted octanol–water partition coefficient (Wildman–Crippen LogP) is 2.61. The van der Waals surface area contributed by atoms with Crippen LogP contribution in [0.4, 0.5) is 0 Å². The Morgan fingerprint density at radius 1 is 1.00 bits per heavy atom. The van der Waals surface area contributed by atoms with E-state index in [2.05, 4.69) is 12.1 Å². The Balaban J connectivity index is 0.00000108. The normalized spacial score (nSPS) is 20.8. The van der Waals surface area contributed by atoms with Crippen molar-refractivity contribution >= 4 is 12.4 Å². The summed E-state index contributed by atoms with van der Waals surface area (Å²) in [5.74, 6) is 1.69. The van der Waals surface area contributed by atoms with E-state index in [9.17, 15) is 0 Å². The summed E-state index contributed by atoms with van der Waals surface area (Å²) in [6.45, 7) is 1.27. The number of hydrogen-bond acceptors (Lipinski definition) is 3. The van der Waals surface area contributed by atoms with Crippen LogP contribution in [-0.2, 0) is 5.54 Å². The van der Waals surface area contributed by atoms with Crippen molar-refractivity contribution in [3.8, 4) is 11.5 Å². The first-order valence-corrected chi connectivity index (χ1v) is 5.97. The smallest absolute Gasteiger partial charge is 0.161 e. The molecular weight excluding hydrogens is 238 g/mol. The molecule has 0 aromatic heterocycles. The Labute approximate surface area is 108 Å². The summed E-state index contributed by atoms with van der Waals surface area (Å²) in [6.07, 6.45) is 4.61. The fourth-order valence-corrected chi connectivity index (χ4v) is 2.65. The van der Waals surface area contributed by atoms with Gasteiger partial charge in [0.25, 0.3) is 0 Å². The first-order valence-electron chi connectivity index (χ1n) is 5.97. The maximum atomic E-state index is 6.42. The molecule has 1 aromatic rings. The van der Waals surface area contributed by atoms with Crippen molar-refractivity contribution < 1.29 is 9.47 Å². The van der Waals surface area contributed by atoms with Crippen LogP contribution < -0.4 is 15.2 Å². The van der Waals surface area contributed by atoms with Gasteiger partial charge in [-0.2, -0.15) is 0 Å². The summed E-state index contributed by atoms with van der Waals surface area (Å²) in [6, 6.07) is 6.12. The molecule has 0 spiro atoms. The van der Waals surface area contributed by atoms with Crippen molar-refractivity contribution in [3.05, 3.63) is 23.8 Å². The molecule has 1 fully saturated rings. The highest BCUT2D eigenvalue weighted by molar-refractivity contribution is 5.85. The van der Waals surface area contributed by atoms with E-state index in [1.54, 1.807) is 0 Å². The summed E-state index contributed by atoms with van der Waals surface area (Å²) in [7, 11) is 0. The van der Waals surface area contributed by atoms with Gasteiger partial charge in [-0.3, -0.25) is 0 Å². The van der Waals surface area contributed by atoms with Gasteiger partial charge < -0.3 is 15.2 Å². The second-order valence-corrected chi connectivity index (χ2v) is 4.72. The minimum atomic E-state index is -0.143. The first kappa shape index (κ1) is 12.5. The van der Waals surface area contributed by atoms with E-state index in [0.29, 0.717) is 13.2 Å². The lowest BCUT2D eigenvalue weighted by molar-refractivity contribution is 0.171. The molecule has 0 atom stereocenters. The summed E-state index contributed by atoms with van der Waals surface area (Å²) >= 11 is 0. The van der Waals surface area contributed by atoms with E-state index in [1.807, 2.05) is 6.07 Å². The van der Waals surface area contributed by atoms with E-state index in [4.69, 9.17) is 15.2 Å². The Kier molecular flexibility index (Phi) is 3.50. The van der Waals surface area contributed by atoms with Crippen LogP contribution in [0, 0.1) is 0 Å². The third kappa shape index (κ3) is 2.22. The van der Waals surface area contributed by atoms with Gasteiger partial charge >= 0.3 is 0 Å². The van der Waals surface area contributed by atoms with Gasteiger partial charge in [0, 0.05) is 5.54 Å². The zero-order valence-electron chi connectivity index (χ0n) is 9.78. The van der Waals surface area contributed by atoms with Gasteiger partial charge in [-0.05, 0) is 30.5 Å². The lowest BCUT2D eigenvalue weighted by atomic mass is 9.89. The van der Waals surface area contributed by atoms with Crippen molar-refractivity contribution in [2.24, 2.45) is 5.73 Å². The highest BCUT2D eigenvalue weighted by atomic mass is 35.5.